The van der Waals surface area contributed by atoms with Gasteiger partial charge in [-0.1, -0.05) is 6.07 Å². The molecule has 3 nitrogen and oxygen atoms in total. The summed E-state index contributed by atoms with van der Waals surface area (Å²) in [7, 11) is 0. The lowest BCUT2D eigenvalue weighted by Crippen LogP contribution is -1.85. The van der Waals surface area contributed by atoms with E-state index in [0.717, 1.165) is 26.9 Å². The molecule has 2 rings (SSSR count). The third-order valence-corrected chi connectivity index (χ3v) is 2.87. The van der Waals surface area contributed by atoms with Gasteiger partial charge in [0.1, 0.15) is 0 Å². The fourth-order valence-corrected chi connectivity index (χ4v) is 2.20. The van der Waals surface area contributed by atoms with Gasteiger partial charge in [0.25, 0.3) is 0 Å². The first kappa shape index (κ1) is 9.86. The molecule has 0 saturated carbocycles. The molecule has 0 bridgehead atoms. The zero-order chi connectivity index (χ0) is 10.8. The summed E-state index contributed by atoms with van der Waals surface area (Å²) in [5.74, 6) is -0.935. The highest BCUT2D eigenvalue weighted by molar-refractivity contribution is 7.18. The number of fused-ring (bicyclic) bond motifs is 1. The van der Waals surface area contributed by atoms with Crippen LogP contribution in [0.5, 0.6) is 0 Å². The molecule has 0 atom stereocenters. The van der Waals surface area contributed by atoms with Crippen molar-refractivity contribution in [2.24, 2.45) is 0 Å². The van der Waals surface area contributed by atoms with Crippen molar-refractivity contribution in [2.75, 3.05) is 0 Å². The number of nitrogens with zero attached hydrogens (tertiary/aromatic N) is 1. The zero-order valence-corrected chi connectivity index (χ0v) is 8.91. The summed E-state index contributed by atoms with van der Waals surface area (Å²) in [5.41, 5.74) is 1.85. The highest BCUT2D eigenvalue weighted by Gasteiger charge is 2.00. The second-order valence-corrected chi connectivity index (χ2v) is 4.37. The first-order chi connectivity index (χ1) is 7.15. The number of carbonyl (C=O) groups is 1. The van der Waals surface area contributed by atoms with Gasteiger partial charge in [-0.05, 0) is 30.7 Å². The Morgan fingerprint density at radius 3 is 3.07 bits per heavy atom. The quantitative estimate of drug-likeness (QED) is 0.790. The Kier molecular flexibility index (Phi) is 2.51. The molecule has 1 N–H and O–H groups in total. The number of aliphatic carboxylic acids is 1. The highest BCUT2D eigenvalue weighted by atomic mass is 32.1. The summed E-state index contributed by atoms with van der Waals surface area (Å²) in [6, 6.07) is 5.71. The lowest BCUT2D eigenvalue weighted by molar-refractivity contribution is -0.131. The number of benzene rings is 1. The molecule has 1 aromatic heterocycles. The molecular formula is C11H9NO2S. The summed E-state index contributed by atoms with van der Waals surface area (Å²) >= 11 is 1.61. The van der Waals surface area contributed by atoms with Crippen LogP contribution in [0.1, 0.15) is 10.6 Å². The van der Waals surface area contributed by atoms with Crippen LogP contribution in [-0.4, -0.2) is 16.1 Å². The molecule has 76 valence electrons. The van der Waals surface area contributed by atoms with Crippen LogP contribution >= 0.6 is 11.3 Å². The standard InChI is InChI=1S/C11H9NO2S/c1-7-12-9-4-2-8(3-5-11(13)14)6-10(9)15-7/h2-6H,1H3,(H,13,14). The topological polar surface area (TPSA) is 50.2 Å². The van der Waals surface area contributed by atoms with E-state index < -0.39 is 5.97 Å². The lowest BCUT2D eigenvalue weighted by Gasteiger charge is -1.91. The Hall–Kier alpha value is -1.68. The van der Waals surface area contributed by atoms with E-state index in [9.17, 15) is 4.79 Å². The SMILES string of the molecule is Cc1nc2ccc(C=CC(=O)O)cc2s1. The second kappa shape index (κ2) is 3.82. The number of aryl methyl sites for hydroxylation is 1. The molecule has 0 amide bonds. The van der Waals surface area contributed by atoms with Gasteiger partial charge in [0.2, 0.25) is 0 Å². The van der Waals surface area contributed by atoms with E-state index in [0.29, 0.717) is 0 Å². The van der Waals surface area contributed by atoms with Crippen LogP contribution < -0.4 is 0 Å². The smallest absolute Gasteiger partial charge is 0.328 e. The molecule has 2 aromatic rings. The monoisotopic (exact) mass is 219 g/mol. The van der Waals surface area contributed by atoms with E-state index in [1.807, 2.05) is 25.1 Å². The summed E-state index contributed by atoms with van der Waals surface area (Å²) in [6.07, 6.45) is 2.71. The minimum Gasteiger partial charge on any atom is -0.478 e. The van der Waals surface area contributed by atoms with E-state index in [2.05, 4.69) is 4.98 Å². The first-order valence-corrected chi connectivity index (χ1v) is 5.25. The van der Waals surface area contributed by atoms with Crippen molar-refractivity contribution in [3.05, 3.63) is 34.8 Å². The first-order valence-electron chi connectivity index (χ1n) is 4.43. The molecule has 0 saturated heterocycles. The van der Waals surface area contributed by atoms with E-state index in [-0.39, 0.29) is 0 Å². The molecule has 1 aromatic carbocycles. The average Bonchev–Trinajstić information content (AvgIpc) is 2.53. The number of hydrogen-bond donors (Lipinski definition) is 1. The van der Waals surface area contributed by atoms with E-state index in [1.54, 1.807) is 17.4 Å². The van der Waals surface area contributed by atoms with Crippen molar-refractivity contribution in [1.29, 1.82) is 0 Å². The molecule has 4 heteroatoms. The normalized spacial score (nSPS) is 11.3. The van der Waals surface area contributed by atoms with Gasteiger partial charge in [-0.2, -0.15) is 0 Å². The molecule has 0 aliphatic carbocycles. The molecule has 0 fully saturated rings. The highest BCUT2D eigenvalue weighted by Crippen LogP contribution is 2.22. The maximum Gasteiger partial charge on any atom is 0.328 e. The third kappa shape index (κ3) is 2.22. The van der Waals surface area contributed by atoms with Crippen molar-refractivity contribution in [3.8, 4) is 0 Å². The van der Waals surface area contributed by atoms with Gasteiger partial charge in [-0.3, -0.25) is 0 Å². The van der Waals surface area contributed by atoms with Gasteiger partial charge in [0.05, 0.1) is 15.2 Å². The zero-order valence-electron chi connectivity index (χ0n) is 8.10. The Balaban J connectivity index is 2.42. The van der Waals surface area contributed by atoms with Crippen LogP contribution in [0.15, 0.2) is 24.3 Å². The van der Waals surface area contributed by atoms with Crippen molar-refractivity contribution in [3.63, 3.8) is 0 Å². The largest absolute Gasteiger partial charge is 0.478 e. The maximum absolute atomic E-state index is 10.3. The van der Waals surface area contributed by atoms with Gasteiger partial charge in [0.15, 0.2) is 0 Å². The number of aromatic nitrogens is 1. The van der Waals surface area contributed by atoms with Crippen LogP contribution in [0.2, 0.25) is 0 Å². The Morgan fingerprint density at radius 1 is 1.53 bits per heavy atom. The molecule has 0 unspecified atom stereocenters. The van der Waals surface area contributed by atoms with Gasteiger partial charge < -0.3 is 5.11 Å². The summed E-state index contributed by atoms with van der Waals surface area (Å²) in [5, 5.41) is 9.51. The molecule has 1 heterocycles. The lowest BCUT2D eigenvalue weighted by atomic mass is 10.2. The number of thiazole rings is 1. The molecule has 0 aliphatic rings. The van der Waals surface area contributed by atoms with Gasteiger partial charge in [-0.25, -0.2) is 9.78 Å². The summed E-state index contributed by atoms with van der Waals surface area (Å²) in [6.45, 7) is 1.96. The predicted molar refractivity (Wildman–Crippen MR) is 61.0 cm³/mol. The van der Waals surface area contributed by atoms with E-state index in [4.69, 9.17) is 5.11 Å². The fourth-order valence-electron chi connectivity index (χ4n) is 1.33. The van der Waals surface area contributed by atoms with Crippen molar-refractivity contribution in [2.45, 2.75) is 6.92 Å². The predicted octanol–water partition coefficient (Wildman–Crippen LogP) is 2.70. The average molecular weight is 219 g/mol. The minimum atomic E-state index is -0.935. The number of carboxylic acid groups (broad SMARTS) is 1. The van der Waals surface area contributed by atoms with Gasteiger partial charge >= 0.3 is 5.97 Å². The van der Waals surface area contributed by atoms with Crippen molar-refractivity contribution < 1.29 is 9.90 Å². The Morgan fingerprint density at radius 2 is 2.33 bits per heavy atom. The Bertz CT molecular complexity index is 543. The fraction of sp³-hybridized carbons (Fsp3) is 0.0909. The molecule has 0 radical (unpaired) electrons. The van der Waals surface area contributed by atoms with Crippen LogP contribution in [0.3, 0.4) is 0 Å². The second-order valence-electron chi connectivity index (χ2n) is 3.13. The van der Waals surface area contributed by atoms with Gasteiger partial charge in [0, 0.05) is 6.08 Å². The van der Waals surface area contributed by atoms with Crippen LogP contribution in [0.25, 0.3) is 16.3 Å². The number of rotatable bonds is 2. The summed E-state index contributed by atoms with van der Waals surface area (Å²) < 4.78 is 1.08. The maximum atomic E-state index is 10.3. The van der Waals surface area contributed by atoms with E-state index in [1.165, 1.54) is 0 Å². The van der Waals surface area contributed by atoms with Crippen LogP contribution in [0, 0.1) is 6.92 Å². The Labute approximate surface area is 90.7 Å². The van der Waals surface area contributed by atoms with Crippen molar-refractivity contribution >= 4 is 33.6 Å². The minimum absolute atomic E-state index is 0.883. The molecule has 0 aliphatic heterocycles. The molecular weight excluding hydrogens is 210 g/mol. The third-order valence-electron chi connectivity index (χ3n) is 1.94. The van der Waals surface area contributed by atoms with Crippen LogP contribution in [-0.2, 0) is 4.79 Å². The number of hydrogen-bond acceptors (Lipinski definition) is 3. The summed E-state index contributed by atoms with van der Waals surface area (Å²) in [4.78, 5) is 14.7. The van der Waals surface area contributed by atoms with E-state index >= 15 is 0 Å². The molecule has 0 spiro atoms. The van der Waals surface area contributed by atoms with Gasteiger partial charge in [-0.15, -0.1) is 11.3 Å². The van der Waals surface area contributed by atoms with Crippen molar-refractivity contribution in [1.82, 2.24) is 4.98 Å². The number of carboxylic acids is 1. The molecule has 15 heavy (non-hydrogen) atoms. The van der Waals surface area contributed by atoms with Crippen LogP contribution in [0.4, 0.5) is 0 Å².